The predicted octanol–water partition coefficient (Wildman–Crippen LogP) is 4.22. The number of fused-ring (bicyclic) bond motifs is 1. The van der Waals surface area contributed by atoms with Gasteiger partial charge in [-0.2, -0.15) is 5.10 Å². The minimum atomic E-state index is -0.113. The van der Waals surface area contributed by atoms with Crippen LogP contribution in [-0.4, -0.2) is 69.7 Å². The molecule has 0 bridgehead atoms. The van der Waals surface area contributed by atoms with Crippen LogP contribution >= 0.6 is 0 Å². The SMILES string of the molecule is CC#CCN1CCC(NC(=O)c2n[nH]c3ccc(-c4cncc(CN5CCCCCC5)c4)cc23)CC1. The first kappa shape index (κ1) is 24.5. The first-order chi connectivity index (χ1) is 17.7. The molecule has 2 aromatic heterocycles. The second-order valence-electron chi connectivity index (χ2n) is 10.1. The minimum Gasteiger partial charge on any atom is -0.348 e. The summed E-state index contributed by atoms with van der Waals surface area (Å²) in [5.41, 5.74) is 4.68. The number of piperidine rings is 1. The summed E-state index contributed by atoms with van der Waals surface area (Å²) in [6.07, 6.45) is 11.0. The highest BCUT2D eigenvalue weighted by molar-refractivity contribution is 6.05. The van der Waals surface area contributed by atoms with E-state index in [4.69, 9.17) is 0 Å². The third kappa shape index (κ3) is 5.95. The van der Waals surface area contributed by atoms with E-state index in [-0.39, 0.29) is 11.9 Å². The molecule has 7 heteroatoms. The van der Waals surface area contributed by atoms with Gasteiger partial charge in [0.1, 0.15) is 0 Å². The number of nitrogens with one attached hydrogen (secondary N) is 2. The van der Waals surface area contributed by atoms with E-state index in [0.717, 1.165) is 74.1 Å². The Balaban J connectivity index is 1.28. The lowest BCUT2D eigenvalue weighted by atomic mass is 10.0. The largest absolute Gasteiger partial charge is 0.348 e. The van der Waals surface area contributed by atoms with Gasteiger partial charge in [0.15, 0.2) is 5.69 Å². The number of H-pyrrole nitrogens is 1. The fraction of sp³-hybridized carbons (Fsp3) is 0.483. The molecule has 0 unspecified atom stereocenters. The first-order valence-electron chi connectivity index (χ1n) is 13.3. The number of carbonyl (C=O) groups excluding carboxylic acids is 1. The van der Waals surface area contributed by atoms with Crippen LogP contribution in [0.2, 0.25) is 0 Å². The van der Waals surface area contributed by atoms with E-state index in [1.165, 1.54) is 31.2 Å². The zero-order valence-corrected chi connectivity index (χ0v) is 21.2. The van der Waals surface area contributed by atoms with E-state index in [9.17, 15) is 4.79 Å². The number of likely N-dealkylation sites (tertiary alicyclic amines) is 2. The fourth-order valence-corrected chi connectivity index (χ4v) is 5.33. The number of benzene rings is 1. The summed E-state index contributed by atoms with van der Waals surface area (Å²) in [6, 6.07) is 8.54. The molecule has 0 radical (unpaired) electrons. The molecule has 1 aromatic carbocycles. The number of hydrogen-bond donors (Lipinski definition) is 2. The number of hydrogen-bond acceptors (Lipinski definition) is 5. The van der Waals surface area contributed by atoms with Crippen LogP contribution in [0.4, 0.5) is 0 Å². The molecule has 2 aliphatic rings. The molecule has 0 aliphatic carbocycles. The van der Waals surface area contributed by atoms with Crippen LogP contribution in [0.5, 0.6) is 0 Å². The predicted molar refractivity (Wildman–Crippen MR) is 143 cm³/mol. The molecule has 0 spiro atoms. The van der Waals surface area contributed by atoms with Gasteiger partial charge in [0.2, 0.25) is 0 Å². The van der Waals surface area contributed by atoms with E-state index in [1.807, 2.05) is 25.4 Å². The Bertz CT molecular complexity index is 1240. The molecule has 0 saturated carbocycles. The molecule has 1 amide bonds. The monoisotopic (exact) mass is 484 g/mol. The number of aromatic amines is 1. The molecule has 36 heavy (non-hydrogen) atoms. The van der Waals surface area contributed by atoms with E-state index >= 15 is 0 Å². The molecule has 2 fully saturated rings. The van der Waals surface area contributed by atoms with Gasteiger partial charge in [0.25, 0.3) is 5.91 Å². The summed E-state index contributed by atoms with van der Waals surface area (Å²) >= 11 is 0. The highest BCUT2D eigenvalue weighted by atomic mass is 16.2. The molecule has 2 aliphatic heterocycles. The van der Waals surface area contributed by atoms with Gasteiger partial charge in [-0.25, -0.2) is 0 Å². The first-order valence-corrected chi connectivity index (χ1v) is 13.3. The average molecular weight is 485 g/mol. The van der Waals surface area contributed by atoms with Crippen LogP contribution in [0.3, 0.4) is 0 Å². The normalized spacial score (nSPS) is 17.9. The number of rotatable bonds is 6. The number of aromatic nitrogens is 3. The third-order valence-corrected chi connectivity index (χ3v) is 7.41. The van der Waals surface area contributed by atoms with Crippen molar-refractivity contribution in [2.75, 3.05) is 32.7 Å². The zero-order valence-electron chi connectivity index (χ0n) is 21.2. The van der Waals surface area contributed by atoms with Gasteiger partial charge in [-0.3, -0.25) is 24.7 Å². The van der Waals surface area contributed by atoms with Crippen molar-refractivity contribution < 1.29 is 4.79 Å². The van der Waals surface area contributed by atoms with Gasteiger partial charge in [-0.15, -0.1) is 5.92 Å². The number of pyridine rings is 1. The molecule has 2 N–H and O–H groups in total. The summed E-state index contributed by atoms with van der Waals surface area (Å²) in [5.74, 6) is 5.97. The Kier molecular flexibility index (Phi) is 7.95. The lowest BCUT2D eigenvalue weighted by Gasteiger charge is -2.30. The molecule has 3 aromatic rings. The minimum absolute atomic E-state index is 0.113. The van der Waals surface area contributed by atoms with Crippen molar-refractivity contribution in [2.45, 2.75) is 58.0 Å². The molecular formula is C29H36N6O. The van der Waals surface area contributed by atoms with E-state index in [1.54, 1.807) is 0 Å². The van der Waals surface area contributed by atoms with Crippen LogP contribution in [0.1, 0.15) is 61.5 Å². The van der Waals surface area contributed by atoms with Crippen molar-refractivity contribution in [3.05, 3.63) is 47.9 Å². The Hall–Kier alpha value is -3.21. The van der Waals surface area contributed by atoms with Crippen molar-refractivity contribution in [3.8, 4) is 23.0 Å². The number of amides is 1. The second kappa shape index (κ2) is 11.7. The Labute approximate surface area is 213 Å². The maximum Gasteiger partial charge on any atom is 0.272 e. The van der Waals surface area contributed by atoms with Gasteiger partial charge >= 0.3 is 0 Å². The summed E-state index contributed by atoms with van der Waals surface area (Å²) in [5, 5.41) is 11.4. The highest BCUT2D eigenvalue weighted by Gasteiger charge is 2.23. The molecule has 2 saturated heterocycles. The van der Waals surface area contributed by atoms with Crippen LogP contribution in [0.25, 0.3) is 22.0 Å². The zero-order chi connectivity index (χ0) is 24.7. The van der Waals surface area contributed by atoms with Gasteiger partial charge in [-0.05, 0) is 75.0 Å². The molecule has 4 heterocycles. The van der Waals surface area contributed by atoms with Gasteiger partial charge in [0.05, 0.1) is 12.1 Å². The van der Waals surface area contributed by atoms with Gasteiger partial charge < -0.3 is 5.32 Å². The lowest BCUT2D eigenvalue weighted by Crippen LogP contribution is -2.44. The molecule has 0 atom stereocenters. The van der Waals surface area contributed by atoms with Crippen molar-refractivity contribution in [1.29, 1.82) is 0 Å². The quantitative estimate of drug-likeness (QED) is 0.513. The van der Waals surface area contributed by atoms with Crippen LogP contribution in [0, 0.1) is 11.8 Å². The Morgan fingerprint density at radius 2 is 1.83 bits per heavy atom. The maximum absolute atomic E-state index is 13.1. The highest BCUT2D eigenvalue weighted by Crippen LogP contribution is 2.26. The second-order valence-corrected chi connectivity index (χ2v) is 10.1. The molecule has 188 valence electrons. The number of nitrogens with zero attached hydrogens (tertiary/aromatic N) is 4. The van der Waals surface area contributed by atoms with E-state index in [0.29, 0.717) is 5.69 Å². The third-order valence-electron chi connectivity index (χ3n) is 7.41. The van der Waals surface area contributed by atoms with Crippen LogP contribution in [0.15, 0.2) is 36.7 Å². The molecular weight excluding hydrogens is 448 g/mol. The number of carbonyl (C=O) groups is 1. The van der Waals surface area contributed by atoms with Gasteiger partial charge in [-0.1, -0.05) is 24.8 Å². The standard InChI is InChI=1S/C29H36N6O/c1-2-3-12-34-15-10-25(11-16-34)31-29(36)28-26-18-23(8-9-27(26)32-33-28)24-17-22(19-30-20-24)21-35-13-6-4-5-7-14-35/h8-9,17-20,25H,4-7,10-16,21H2,1H3,(H,31,36)(H,32,33). The summed E-state index contributed by atoms with van der Waals surface area (Å²) < 4.78 is 0. The topological polar surface area (TPSA) is 77.1 Å². The summed E-state index contributed by atoms with van der Waals surface area (Å²) in [4.78, 5) is 22.6. The van der Waals surface area contributed by atoms with Crippen LogP contribution in [-0.2, 0) is 6.54 Å². The summed E-state index contributed by atoms with van der Waals surface area (Å²) in [6.45, 7) is 7.84. The fourth-order valence-electron chi connectivity index (χ4n) is 5.33. The Morgan fingerprint density at radius 3 is 2.61 bits per heavy atom. The summed E-state index contributed by atoms with van der Waals surface area (Å²) in [7, 11) is 0. The van der Waals surface area contributed by atoms with Gasteiger partial charge in [0, 0.05) is 49.0 Å². The van der Waals surface area contributed by atoms with Crippen molar-refractivity contribution in [2.24, 2.45) is 0 Å². The Morgan fingerprint density at radius 1 is 1.03 bits per heavy atom. The van der Waals surface area contributed by atoms with Crippen molar-refractivity contribution >= 4 is 16.8 Å². The van der Waals surface area contributed by atoms with E-state index in [2.05, 4.69) is 60.3 Å². The lowest BCUT2D eigenvalue weighted by molar-refractivity contribution is 0.0911. The average Bonchev–Trinajstić information content (AvgIpc) is 3.17. The maximum atomic E-state index is 13.1. The van der Waals surface area contributed by atoms with Crippen molar-refractivity contribution in [1.82, 2.24) is 30.3 Å². The van der Waals surface area contributed by atoms with Crippen LogP contribution < -0.4 is 5.32 Å². The van der Waals surface area contributed by atoms with E-state index < -0.39 is 0 Å². The van der Waals surface area contributed by atoms with Crippen molar-refractivity contribution in [3.63, 3.8) is 0 Å². The smallest absolute Gasteiger partial charge is 0.272 e. The molecule has 5 rings (SSSR count). The molecule has 7 nitrogen and oxygen atoms in total.